The molecule has 0 amide bonds. The van der Waals surface area contributed by atoms with Gasteiger partial charge in [-0.1, -0.05) is 0 Å². The molecule has 1 aliphatic rings. The number of hydrogen-bond acceptors (Lipinski definition) is 3. The zero-order chi connectivity index (χ0) is 9.42. The van der Waals surface area contributed by atoms with E-state index in [-0.39, 0.29) is 11.5 Å². The fraction of sp³-hybridized carbons (Fsp3) is 0.300. The van der Waals surface area contributed by atoms with Crippen LogP contribution in [0, 0.1) is 0 Å². The monoisotopic (exact) mass is 178 g/mol. The lowest BCUT2D eigenvalue weighted by atomic mass is 10.1. The van der Waals surface area contributed by atoms with Crippen molar-refractivity contribution in [2.24, 2.45) is 0 Å². The van der Waals surface area contributed by atoms with E-state index in [1.54, 1.807) is 13.2 Å². The number of hydrogen-bond donors (Lipinski definition) is 1. The zero-order valence-electron chi connectivity index (χ0n) is 7.33. The highest BCUT2D eigenvalue weighted by Gasteiger charge is 2.25. The van der Waals surface area contributed by atoms with Crippen LogP contribution >= 0.6 is 0 Å². The number of phenols is 1. The molecule has 0 aromatic heterocycles. The first-order valence-electron chi connectivity index (χ1n) is 4.16. The molecular weight excluding hydrogens is 168 g/mol. The standard InChI is InChI=1S/C10H10O3/c1-13-9-5-4-8(12)10-6(9)2-3-7(10)11/h4-5,12H,2-3H2,1H3. The minimum absolute atomic E-state index is 0.00593. The van der Waals surface area contributed by atoms with Gasteiger partial charge in [0.05, 0.1) is 12.7 Å². The van der Waals surface area contributed by atoms with E-state index in [2.05, 4.69) is 0 Å². The Balaban J connectivity index is 2.65. The topological polar surface area (TPSA) is 46.5 Å². The number of aromatic hydroxyl groups is 1. The van der Waals surface area contributed by atoms with Crippen molar-refractivity contribution < 1.29 is 14.6 Å². The summed E-state index contributed by atoms with van der Waals surface area (Å²) >= 11 is 0. The van der Waals surface area contributed by atoms with E-state index in [4.69, 9.17) is 4.74 Å². The van der Waals surface area contributed by atoms with E-state index in [0.717, 1.165) is 5.56 Å². The quantitative estimate of drug-likeness (QED) is 0.709. The summed E-state index contributed by atoms with van der Waals surface area (Å²) in [4.78, 5) is 11.3. The van der Waals surface area contributed by atoms with Crippen LogP contribution in [-0.4, -0.2) is 18.0 Å². The molecule has 0 heterocycles. The Hall–Kier alpha value is -1.51. The summed E-state index contributed by atoms with van der Waals surface area (Å²) < 4.78 is 5.10. The van der Waals surface area contributed by atoms with Crippen LogP contribution in [-0.2, 0) is 6.42 Å². The van der Waals surface area contributed by atoms with Gasteiger partial charge in [-0.3, -0.25) is 4.79 Å². The Morgan fingerprint density at radius 2 is 2.15 bits per heavy atom. The van der Waals surface area contributed by atoms with Crippen LogP contribution in [0.5, 0.6) is 11.5 Å². The summed E-state index contributed by atoms with van der Waals surface area (Å²) in [6.07, 6.45) is 1.15. The van der Waals surface area contributed by atoms with Crippen molar-refractivity contribution in [2.45, 2.75) is 12.8 Å². The molecule has 0 aliphatic heterocycles. The number of ether oxygens (including phenoxy) is 1. The van der Waals surface area contributed by atoms with Crippen LogP contribution in [0.15, 0.2) is 12.1 Å². The van der Waals surface area contributed by atoms with Gasteiger partial charge in [-0.2, -0.15) is 0 Å². The number of methoxy groups -OCH3 is 1. The smallest absolute Gasteiger partial charge is 0.167 e. The van der Waals surface area contributed by atoms with Crippen LogP contribution in [0.25, 0.3) is 0 Å². The number of rotatable bonds is 1. The van der Waals surface area contributed by atoms with Crippen molar-refractivity contribution in [3.63, 3.8) is 0 Å². The number of benzene rings is 1. The van der Waals surface area contributed by atoms with E-state index in [0.29, 0.717) is 24.2 Å². The van der Waals surface area contributed by atoms with Crippen molar-refractivity contribution in [2.75, 3.05) is 7.11 Å². The summed E-state index contributed by atoms with van der Waals surface area (Å²) in [5.74, 6) is 0.767. The van der Waals surface area contributed by atoms with E-state index < -0.39 is 0 Å². The number of phenolic OH excluding ortho intramolecular Hbond substituents is 1. The Bertz CT molecular complexity index is 369. The van der Waals surface area contributed by atoms with E-state index in [1.807, 2.05) is 0 Å². The van der Waals surface area contributed by atoms with E-state index in [1.165, 1.54) is 6.07 Å². The molecule has 3 heteroatoms. The van der Waals surface area contributed by atoms with Crippen molar-refractivity contribution in [1.82, 2.24) is 0 Å². The highest BCUT2D eigenvalue weighted by atomic mass is 16.5. The average molecular weight is 178 g/mol. The number of ketones is 1. The summed E-state index contributed by atoms with van der Waals surface area (Å²) in [6, 6.07) is 3.19. The van der Waals surface area contributed by atoms with Gasteiger partial charge in [0.25, 0.3) is 0 Å². The second-order valence-corrected chi connectivity index (χ2v) is 3.06. The number of carbonyl (C=O) groups is 1. The van der Waals surface area contributed by atoms with Crippen LogP contribution in [0.1, 0.15) is 22.3 Å². The van der Waals surface area contributed by atoms with Gasteiger partial charge in [0.1, 0.15) is 11.5 Å². The second-order valence-electron chi connectivity index (χ2n) is 3.06. The number of fused-ring (bicyclic) bond motifs is 1. The minimum atomic E-state index is 0.00593. The molecular formula is C10H10O3. The first-order valence-corrected chi connectivity index (χ1v) is 4.16. The van der Waals surface area contributed by atoms with Crippen LogP contribution in [0.4, 0.5) is 0 Å². The van der Waals surface area contributed by atoms with Crippen molar-refractivity contribution in [3.05, 3.63) is 23.3 Å². The van der Waals surface area contributed by atoms with Crippen molar-refractivity contribution in [1.29, 1.82) is 0 Å². The number of carbonyl (C=O) groups excluding carboxylic acids is 1. The summed E-state index contributed by atoms with van der Waals surface area (Å²) in [7, 11) is 1.56. The fourth-order valence-electron chi connectivity index (χ4n) is 1.73. The molecule has 0 fully saturated rings. The Kier molecular flexibility index (Phi) is 1.72. The van der Waals surface area contributed by atoms with Gasteiger partial charge in [-0.05, 0) is 18.6 Å². The second kappa shape index (κ2) is 2.76. The van der Waals surface area contributed by atoms with Crippen LogP contribution in [0.3, 0.4) is 0 Å². The fourth-order valence-corrected chi connectivity index (χ4v) is 1.73. The van der Waals surface area contributed by atoms with Crippen molar-refractivity contribution >= 4 is 5.78 Å². The van der Waals surface area contributed by atoms with E-state index >= 15 is 0 Å². The Labute approximate surface area is 76.0 Å². The summed E-state index contributed by atoms with van der Waals surface area (Å²) in [5.41, 5.74) is 1.28. The summed E-state index contributed by atoms with van der Waals surface area (Å²) in [5, 5.41) is 9.45. The molecule has 0 atom stereocenters. The number of Topliss-reactive ketones (excluding diaryl/α,β-unsaturated/α-hetero) is 1. The molecule has 0 saturated heterocycles. The lowest BCUT2D eigenvalue weighted by Crippen LogP contribution is -1.94. The average Bonchev–Trinajstić information content (AvgIpc) is 2.50. The maximum absolute atomic E-state index is 11.3. The SMILES string of the molecule is COc1ccc(O)c2c1CCC2=O. The molecule has 0 saturated carbocycles. The molecule has 1 aliphatic carbocycles. The predicted octanol–water partition coefficient (Wildman–Crippen LogP) is 1.53. The highest BCUT2D eigenvalue weighted by molar-refractivity contribution is 6.03. The van der Waals surface area contributed by atoms with Crippen LogP contribution in [0.2, 0.25) is 0 Å². The molecule has 68 valence electrons. The molecule has 0 bridgehead atoms. The summed E-state index contributed by atoms with van der Waals surface area (Å²) in [6.45, 7) is 0. The lowest BCUT2D eigenvalue weighted by molar-refractivity contribution is 0.0992. The molecule has 2 rings (SSSR count). The molecule has 1 aromatic carbocycles. The third kappa shape index (κ3) is 1.08. The molecule has 1 N–H and O–H groups in total. The van der Waals surface area contributed by atoms with Gasteiger partial charge in [0.2, 0.25) is 0 Å². The van der Waals surface area contributed by atoms with Gasteiger partial charge in [-0.15, -0.1) is 0 Å². The molecule has 13 heavy (non-hydrogen) atoms. The maximum atomic E-state index is 11.3. The Morgan fingerprint density at radius 3 is 2.85 bits per heavy atom. The van der Waals surface area contributed by atoms with Crippen LogP contribution < -0.4 is 4.74 Å². The molecule has 0 spiro atoms. The third-order valence-corrected chi connectivity index (χ3v) is 2.35. The van der Waals surface area contributed by atoms with E-state index in [9.17, 15) is 9.90 Å². The highest BCUT2D eigenvalue weighted by Crippen LogP contribution is 2.36. The molecule has 1 aromatic rings. The molecule has 0 radical (unpaired) electrons. The first kappa shape index (κ1) is 8.10. The molecule has 0 unspecified atom stereocenters. The third-order valence-electron chi connectivity index (χ3n) is 2.35. The Morgan fingerprint density at radius 1 is 1.38 bits per heavy atom. The minimum Gasteiger partial charge on any atom is -0.507 e. The zero-order valence-corrected chi connectivity index (χ0v) is 7.33. The van der Waals surface area contributed by atoms with Crippen molar-refractivity contribution in [3.8, 4) is 11.5 Å². The maximum Gasteiger partial charge on any atom is 0.167 e. The lowest BCUT2D eigenvalue weighted by Gasteiger charge is -2.06. The molecule has 3 nitrogen and oxygen atoms in total. The predicted molar refractivity (Wildman–Crippen MR) is 47.3 cm³/mol. The largest absolute Gasteiger partial charge is 0.507 e. The van der Waals surface area contributed by atoms with Gasteiger partial charge in [0.15, 0.2) is 5.78 Å². The van der Waals surface area contributed by atoms with Gasteiger partial charge in [-0.25, -0.2) is 0 Å². The first-order chi connectivity index (χ1) is 6.24. The normalized spacial score (nSPS) is 14.4. The van der Waals surface area contributed by atoms with Gasteiger partial charge < -0.3 is 9.84 Å². The van der Waals surface area contributed by atoms with Gasteiger partial charge in [0, 0.05) is 12.0 Å². The van der Waals surface area contributed by atoms with Gasteiger partial charge >= 0.3 is 0 Å².